The SMILES string of the molecule is Cc1ccc(-n2cc3c(n2)CCN(C)C3)nc1. The quantitative estimate of drug-likeness (QED) is 0.743. The molecule has 0 aromatic carbocycles. The Labute approximate surface area is 101 Å². The molecular weight excluding hydrogens is 212 g/mol. The van der Waals surface area contributed by atoms with E-state index in [4.69, 9.17) is 0 Å². The molecule has 3 rings (SSSR count). The van der Waals surface area contributed by atoms with Gasteiger partial charge < -0.3 is 4.90 Å². The van der Waals surface area contributed by atoms with Gasteiger partial charge in [0.25, 0.3) is 0 Å². The van der Waals surface area contributed by atoms with Crippen LogP contribution in [0.3, 0.4) is 0 Å². The van der Waals surface area contributed by atoms with Crippen LogP contribution >= 0.6 is 0 Å². The molecule has 0 aliphatic carbocycles. The van der Waals surface area contributed by atoms with Crippen LogP contribution in [0.4, 0.5) is 0 Å². The monoisotopic (exact) mass is 228 g/mol. The Bertz CT molecular complexity index is 527. The van der Waals surface area contributed by atoms with Crippen LogP contribution in [-0.2, 0) is 13.0 Å². The molecule has 1 aliphatic rings. The number of aryl methyl sites for hydroxylation is 1. The molecule has 0 N–H and O–H groups in total. The average Bonchev–Trinajstić information content (AvgIpc) is 2.72. The van der Waals surface area contributed by atoms with Crippen LogP contribution in [0, 0.1) is 6.92 Å². The molecular formula is C13H16N4. The molecule has 0 fully saturated rings. The molecule has 4 heteroatoms. The average molecular weight is 228 g/mol. The number of pyridine rings is 1. The molecule has 4 nitrogen and oxygen atoms in total. The summed E-state index contributed by atoms with van der Waals surface area (Å²) in [6.45, 7) is 4.12. The van der Waals surface area contributed by atoms with Gasteiger partial charge in [-0.15, -0.1) is 0 Å². The summed E-state index contributed by atoms with van der Waals surface area (Å²) in [5, 5.41) is 4.61. The maximum atomic E-state index is 4.61. The van der Waals surface area contributed by atoms with Crippen LogP contribution in [0.25, 0.3) is 5.82 Å². The number of aromatic nitrogens is 3. The number of rotatable bonds is 1. The fourth-order valence-electron chi connectivity index (χ4n) is 2.17. The van der Waals surface area contributed by atoms with Gasteiger partial charge in [-0.1, -0.05) is 6.07 Å². The van der Waals surface area contributed by atoms with Crippen LogP contribution in [0.2, 0.25) is 0 Å². The molecule has 0 amide bonds. The lowest BCUT2D eigenvalue weighted by atomic mass is 10.1. The number of likely N-dealkylation sites (N-methyl/N-ethyl adjacent to an activating group) is 1. The van der Waals surface area contributed by atoms with Crippen molar-refractivity contribution >= 4 is 0 Å². The van der Waals surface area contributed by atoms with Gasteiger partial charge in [-0.25, -0.2) is 9.67 Å². The summed E-state index contributed by atoms with van der Waals surface area (Å²) in [5.41, 5.74) is 3.71. The zero-order valence-corrected chi connectivity index (χ0v) is 10.2. The second-order valence-electron chi connectivity index (χ2n) is 4.73. The lowest BCUT2D eigenvalue weighted by Crippen LogP contribution is -2.25. The summed E-state index contributed by atoms with van der Waals surface area (Å²) in [4.78, 5) is 6.71. The predicted octanol–water partition coefficient (Wildman–Crippen LogP) is 1.56. The second kappa shape index (κ2) is 3.96. The zero-order valence-electron chi connectivity index (χ0n) is 10.2. The van der Waals surface area contributed by atoms with E-state index in [0.29, 0.717) is 0 Å². The minimum atomic E-state index is 0.896. The van der Waals surface area contributed by atoms with Crippen molar-refractivity contribution in [1.82, 2.24) is 19.7 Å². The first-order chi connectivity index (χ1) is 8.22. The van der Waals surface area contributed by atoms with Crippen LogP contribution in [0.1, 0.15) is 16.8 Å². The van der Waals surface area contributed by atoms with Crippen molar-refractivity contribution in [2.45, 2.75) is 19.9 Å². The highest BCUT2D eigenvalue weighted by atomic mass is 15.3. The smallest absolute Gasteiger partial charge is 0.153 e. The minimum absolute atomic E-state index is 0.896. The molecule has 88 valence electrons. The summed E-state index contributed by atoms with van der Waals surface area (Å²) in [5.74, 6) is 0.896. The Morgan fingerprint density at radius 3 is 2.94 bits per heavy atom. The molecule has 0 unspecified atom stereocenters. The number of nitrogens with zero attached hydrogens (tertiary/aromatic N) is 4. The Morgan fingerprint density at radius 2 is 2.18 bits per heavy atom. The molecule has 1 aliphatic heterocycles. The number of fused-ring (bicyclic) bond motifs is 1. The Morgan fingerprint density at radius 1 is 1.29 bits per heavy atom. The van der Waals surface area contributed by atoms with Crippen molar-refractivity contribution in [1.29, 1.82) is 0 Å². The summed E-state index contributed by atoms with van der Waals surface area (Å²) in [7, 11) is 2.14. The molecule has 0 atom stereocenters. The normalized spacial score (nSPS) is 15.9. The highest BCUT2D eigenvalue weighted by molar-refractivity contribution is 5.28. The lowest BCUT2D eigenvalue weighted by Gasteiger charge is -2.20. The number of hydrogen-bond donors (Lipinski definition) is 0. The van der Waals surface area contributed by atoms with E-state index in [1.54, 1.807) is 0 Å². The standard InChI is InChI=1S/C13H16N4/c1-10-3-4-13(14-7-10)17-9-11-8-16(2)6-5-12(11)15-17/h3-4,7,9H,5-6,8H2,1-2H3. The third kappa shape index (κ3) is 1.96. The summed E-state index contributed by atoms with van der Waals surface area (Å²) in [6, 6.07) is 4.08. The zero-order chi connectivity index (χ0) is 11.8. The molecule has 0 bridgehead atoms. The number of hydrogen-bond acceptors (Lipinski definition) is 3. The van der Waals surface area contributed by atoms with Crippen molar-refractivity contribution in [3.8, 4) is 5.82 Å². The summed E-state index contributed by atoms with van der Waals surface area (Å²) < 4.78 is 1.89. The lowest BCUT2D eigenvalue weighted by molar-refractivity contribution is 0.311. The fourth-order valence-corrected chi connectivity index (χ4v) is 2.17. The molecule has 0 radical (unpaired) electrons. The van der Waals surface area contributed by atoms with Crippen LogP contribution in [-0.4, -0.2) is 33.3 Å². The first-order valence-electron chi connectivity index (χ1n) is 5.91. The van der Waals surface area contributed by atoms with Crippen molar-refractivity contribution in [2.24, 2.45) is 0 Å². The van der Waals surface area contributed by atoms with E-state index in [9.17, 15) is 0 Å². The van der Waals surface area contributed by atoms with Crippen LogP contribution in [0.5, 0.6) is 0 Å². The molecule has 2 aromatic rings. The topological polar surface area (TPSA) is 34.0 Å². The van der Waals surface area contributed by atoms with Crippen molar-refractivity contribution in [3.05, 3.63) is 41.3 Å². The van der Waals surface area contributed by atoms with Gasteiger partial charge in [0.1, 0.15) is 0 Å². The van der Waals surface area contributed by atoms with Gasteiger partial charge in [0, 0.05) is 37.5 Å². The van der Waals surface area contributed by atoms with Gasteiger partial charge >= 0.3 is 0 Å². The predicted molar refractivity (Wildman–Crippen MR) is 66.1 cm³/mol. The van der Waals surface area contributed by atoms with E-state index >= 15 is 0 Å². The van der Waals surface area contributed by atoms with Gasteiger partial charge in [-0.3, -0.25) is 0 Å². The molecule has 2 aromatic heterocycles. The van der Waals surface area contributed by atoms with Gasteiger partial charge in [0.2, 0.25) is 0 Å². The minimum Gasteiger partial charge on any atom is -0.302 e. The Hall–Kier alpha value is -1.68. The van der Waals surface area contributed by atoms with Crippen LogP contribution in [0.15, 0.2) is 24.5 Å². The van der Waals surface area contributed by atoms with E-state index in [0.717, 1.165) is 25.3 Å². The third-order valence-corrected chi connectivity index (χ3v) is 3.18. The van der Waals surface area contributed by atoms with Crippen molar-refractivity contribution < 1.29 is 0 Å². The van der Waals surface area contributed by atoms with Gasteiger partial charge in [-0.05, 0) is 25.6 Å². The molecule has 0 saturated heterocycles. The fraction of sp³-hybridized carbons (Fsp3) is 0.385. The Kier molecular flexibility index (Phi) is 2.44. The van der Waals surface area contributed by atoms with E-state index < -0.39 is 0 Å². The van der Waals surface area contributed by atoms with Gasteiger partial charge in [0.05, 0.1) is 5.69 Å². The van der Waals surface area contributed by atoms with E-state index in [1.165, 1.54) is 16.8 Å². The molecule has 0 spiro atoms. The first kappa shape index (κ1) is 10.5. The maximum absolute atomic E-state index is 4.61. The largest absolute Gasteiger partial charge is 0.302 e. The highest BCUT2D eigenvalue weighted by Crippen LogP contribution is 2.17. The first-order valence-corrected chi connectivity index (χ1v) is 5.91. The second-order valence-corrected chi connectivity index (χ2v) is 4.73. The maximum Gasteiger partial charge on any atom is 0.153 e. The third-order valence-electron chi connectivity index (χ3n) is 3.18. The van der Waals surface area contributed by atoms with E-state index in [1.807, 2.05) is 23.9 Å². The molecule has 3 heterocycles. The van der Waals surface area contributed by atoms with Gasteiger partial charge in [0.15, 0.2) is 5.82 Å². The van der Waals surface area contributed by atoms with Crippen LogP contribution < -0.4 is 0 Å². The Balaban J connectivity index is 1.97. The molecule has 17 heavy (non-hydrogen) atoms. The van der Waals surface area contributed by atoms with E-state index in [2.05, 4.69) is 34.3 Å². The van der Waals surface area contributed by atoms with Crippen molar-refractivity contribution in [2.75, 3.05) is 13.6 Å². The van der Waals surface area contributed by atoms with Crippen molar-refractivity contribution in [3.63, 3.8) is 0 Å². The summed E-state index contributed by atoms with van der Waals surface area (Å²) >= 11 is 0. The molecule has 0 saturated carbocycles. The van der Waals surface area contributed by atoms with Gasteiger partial charge in [-0.2, -0.15) is 5.10 Å². The van der Waals surface area contributed by atoms with E-state index in [-0.39, 0.29) is 0 Å². The summed E-state index contributed by atoms with van der Waals surface area (Å²) in [6.07, 6.45) is 5.01. The highest BCUT2D eigenvalue weighted by Gasteiger charge is 2.17.